The molecule has 0 aliphatic rings. The maximum absolute atomic E-state index is 12.4. The fourth-order valence-corrected chi connectivity index (χ4v) is 1.30. The van der Waals surface area contributed by atoms with E-state index in [0.717, 1.165) is 12.1 Å². The number of alkyl halides is 3. The molecule has 0 amide bonds. The lowest BCUT2D eigenvalue weighted by Crippen LogP contribution is -2.05. The van der Waals surface area contributed by atoms with Crippen molar-refractivity contribution in [3.05, 3.63) is 41.9 Å². The molecule has 0 atom stereocenters. The second kappa shape index (κ2) is 4.59. The van der Waals surface area contributed by atoms with E-state index in [1.165, 1.54) is 18.3 Å². The zero-order valence-corrected chi connectivity index (χ0v) is 9.07. The predicted molar refractivity (Wildman–Crippen MR) is 56.7 cm³/mol. The molecule has 0 unspecified atom stereocenters. The van der Waals surface area contributed by atoms with Crippen molar-refractivity contribution in [1.82, 2.24) is 4.98 Å². The highest BCUT2D eigenvalue weighted by atomic mass is 19.4. The minimum Gasteiger partial charge on any atom is -0.484 e. The van der Waals surface area contributed by atoms with Gasteiger partial charge in [0.05, 0.1) is 11.8 Å². The number of hydrogen-bond donors (Lipinski definition) is 1. The Bertz CT molecular complexity index is 537. The molecule has 2 N–H and O–H groups in total. The van der Waals surface area contributed by atoms with Crippen LogP contribution in [0.15, 0.2) is 34.9 Å². The number of anilines is 1. The van der Waals surface area contributed by atoms with Gasteiger partial charge in [-0.05, 0) is 18.2 Å². The van der Waals surface area contributed by atoms with Crippen molar-refractivity contribution in [3.63, 3.8) is 0 Å². The first-order valence-corrected chi connectivity index (χ1v) is 4.95. The third-order valence-electron chi connectivity index (χ3n) is 2.10. The summed E-state index contributed by atoms with van der Waals surface area (Å²) in [7, 11) is 0. The van der Waals surface area contributed by atoms with Crippen LogP contribution in [0.4, 0.5) is 19.1 Å². The number of benzene rings is 1. The van der Waals surface area contributed by atoms with E-state index in [1.807, 2.05) is 0 Å². The lowest BCUT2D eigenvalue weighted by Gasteiger charge is -2.08. The van der Waals surface area contributed by atoms with Crippen molar-refractivity contribution >= 4 is 5.88 Å². The number of nitrogens with two attached hydrogens (primary N) is 1. The summed E-state index contributed by atoms with van der Waals surface area (Å²) in [6.45, 7) is -0.0848. The van der Waals surface area contributed by atoms with Crippen LogP contribution in [-0.4, -0.2) is 4.98 Å². The molecule has 0 saturated heterocycles. The maximum atomic E-state index is 12.4. The number of ether oxygens (including phenoxy) is 1. The average molecular weight is 258 g/mol. The van der Waals surface area contributed by atoms with E-state index in [2.05, 4.69) is 4.98 Å². The second-order valence-electron chi connectivity index (χ2n) is 3.47. The van der Waals surface area contributed by atoms with Gasteiger partial charge in [0, 0.05) is 0 Å². The van der Waals surface area contributed by atoms with Crippen LogP contribution in [0, 0.1) is 0 Å². The van der Waals surface area contributed by atoms with Crippen LogP contribution in [0.25, 0.3) is 0 Å². The number of halogens is 3. The summed E-state index contributed by atoms with van der Waals surface area (Å²) in [6, 6.07) is 4.56. The Morgan fingerprint density at radius 2 is 2.11 bits per heavy atom. The Balaban J connectivity index is 2.06. The van der Waals surface area contributed by atoms with Crippen LogP contribution in [0.2, 0.25) is 0 Å². The first-order chi connectivity index (χ1) is 8.45. The Morgan fingerprint density at radius 3 is 2.72 bits per heavy atom. The lowest BCUT2D eigenvalue weighted by molar-refractivity contribution is -0.137. The molecule has 0 spiro atoms. The molecule has 4 nitrogen and oxygen atoms in total. The average Bonchev–Trinajstić information content (AvgIpc) is 2.72. The lowest BCUT2D eigenvalue weighted by atomic mass is 10.2. The van der Waals surface area contributed by atoms with E-state index in [9.17, 15) is 13.2 Å². The molecule has 0 saturated carbocycles. The fourth-order valence-electron chi connectivity index (χ4n) is 1.30. The number of oxazole rings is 1. The zero-order valence-electron chi connectivity index (χ0n) is 9.07. The first-order valence-electron chi connectivity index (χ1n) is 4.95. The predicted octanol–water partition coefficient (Wildman–Crippen LogP) is 2.85. The van der Waals surface area contributed by atoms with Gasteiger partial charge in [0.15, 0.2) is 6.61 Å². The Kier molecular flexibility index (Phi) is 3.14. The van der Waals surface area contributed by atoms with Crippen LogP contribution in [-0.2, 0) is 12.8 Å². The highest BCUT2D eigenvalue weighted by Gasteiger charge is 2.30. The molecule has 2 aromatic rings. The van der Waals surface area contributed by atoms with Crippen molar-refractivity contribution in [2.24, 2.45) is 0 Å². The van der Waals surface area contributed by atoms with E-state index in [1.54, 1.807) is 0 Å². The molecule has 1 aromatic carbocycles. The normalized spacial score (nSPS) is 11.5. The SMILES string of the molecule is Nc1cnc(COc2cccc(C(F)(F)F)c2)o1. The topological polar surface area (TPSA) is 61.3 Å². The zero-order chi connectivity index (χ0) is 13.2. The largest absolute Gasteiger partial charge is 0.484 e. The van der Waals surface area contributed by atoms with E-state index < -0.39 is 11.7 Å². The smallest absolute Gasteiger partial charge is 0.416 e. The maximum Gasteiger partial charge on any atom is 0.416 e. The van der Waals surface area contributed by atoms with Crippen molar-refractivity contribution in [2.75, 3.05) is 5.73 Å². The van der Waals surface area contributed by atoms with Crippen LogP contribution in [0.1, 0.15) is 11.5 Å². The molecular weight excluding hydrogens is 249 g/mol. The Hall–Kier alpha value is -2.18. The molecule has 0 bridgehead atoms. The third-order valence-corrected chi connectivity index (χ3v) is 2.10. The Morgan fingerprint density at radius 1 is 1.33 bits per heavy atom. The number of nitrogens with zero attached hydrogens (tertiary/aromatic N) is 1. The highest BCUT2D eigenvalue weighted by Crippen LogP contribution is 2.31. The highest BCUT2D eigenvalue weighted by molar-refractivity contribution is 5.30. The Labute approximate surface area is 100 Å². The van der Waals surface area contributed by atoms with Gasteiger partial charge in [-0.1, -0.05) is 6.07 Å². The summed E-state index contributed by atoms with van der Waals surface area (Å²) in [5.41, 5.74) is 4.52. The van der Waals surface area contributed by atoms with Crippen LogP contribution < -0.4 is 10.5 Å². The molecule has 2 rings (SSSR count). The van der Waals surface area contributed by atoms with Gasteiger partial charge in [-0.25, -0.2) is 4.98 Å². The van der Waals surface area contributed by atoms with Gasteiger partial charge in [0.1, 0.15) is 5.75 Å². The number of hydrogen-bond acceptors (Lipinski definition) is 4. The molecule has 0 aliphatic carbocycles. The monoisotopic (exact) mass is 258 g/mol. The van der Waals surface area contributed by atoms with Gasteiger partial charge >= 0.3 is 6.18 Å². The molecule has 7 heteroatoms. The van der Waals surface area contributed by atoms with Crippen molar-refractivity contribution in [3.8, 4) is 5.75 Å². The summed E-state index contributed by atoms with van der Waals surface area (Å²) < 4.78 is 47.3. The van der Waals surface area contributed by atoms with Gasteiger partial charge in [0.25, 0.3) is 0 Å². The third kappa shape index (κ3) is 2.93. The second-order valence-corrected chi connectivity index (χ2v) is 3.47. The van der Waals surface area contributed by atoms with Gasteiger partial charge < -0.3 is 14.9 Å². The molecule has 18 heavy (non-hydrogen) atoms. The standard InChI is InChI=1S/C11H9F3N2O2/c12-11(13,14)7-2-1-3-8(4-7)17-6-10-16-5-9(15)18-10/h1-5H,6,15H2. The molecular formula is C11H9F3N2O2. The van der Waals surface area contributed by atoms with Crippen LogP contribution in [0.3, 0.4) is 0 Å². The van der Waals surface area contributed by atoms with E-state index in [-0.39, 0.29) is 24.1 Å². The van der Waals surface area contributed by atoms with Crippen molar-refractivity contribution in [1.29, 1.82) is 0 Å². The van der Waals surface area contributed by atoms with Gasteiger partial charge in [-0.15, -0.1) is 0 Å². The summed E-state index contributed by atoms with van der Waals surface area (Å²) >= 11 is 0. The van der Waals surface area contributed by atoms with Gasteiger partial charge in [-0.2, -0.15) is 13.2 Å². The summed E-state index contributed by atoms with van der Waals surface area (Å²) in [4.78, 5) is 3.76. The van der Waals surface area contributed by atoms with Gasteiger partial charge in [-0.3, -0.25) is 0 Å². The fraction of sp³-hybridized carbons (Fsp3) is 0.182. The molecule has 0 fully saturated rings. The minimum absolute atomic E-state index is 0.0848. The number of rotatable bonds is 3. The quantitative estimate of drug-likeness (QED) is 0.919. The van der Waals surface area contributed by atoms with Crippen LogP contribution in [0.5, 0.6) is 5.75 Å². The van der Waals surface area contributed by atoms with E-state index in [4.69, 9.17) is 14.9 Å². The summed E-state index contributed by atoms with van der Waals surface area (Å²) in [5, 5.41) is 0. The van der Waals surface area contributed by atoms with Crippen molar-refractivity contribution < 1.29 is 22.3 Å². The number of aromatic nitrogens is 1. The molecule has 1 aromatic heterocycles. The van der Waals surface area contributed by atoms with E-state index in [0.29, 0.717) is 0 Å². The summed E-state index contributed by atoms with van der Waals surface area (Å²) in [5.74, 6) is 0.407. The molecule has 1 heterocycles. The first kappa shape index (κ1) is 12.3. The van der Waals surface area contributed by atoms with Crippen molar-refractivity contribution in [2.45, 2.75) is 12.8 Å². The minimum atomic E-state index is -4.40. The molecule has 0 radical (unpaired) electrons. The van der Waals surface area contributed by atoms with Gasteiger partial charge in [0.2, 0.25) is 11.8 Å². The number of nitrogen functional groups attached to an aromatic ring is 1. The molecule has 0 aliphatic heterocycles. The summed E-state index contributed by atoms with van der Waals surface area (Å²) in [6.07, 6.45) is -3.10. The van der Waals surface area contributed by atoms with Crippen LogP contribution >= 0.6 is 0 Å². The molecule has 96 valence electrons. The van der Waals surface area contributed by atoms with E-state index >= 15 is 0 Å².